The van der Waals surface area contributed by atoms with E-state index in [1.54, 1.807) is 23.1 Å². The molecule has 132 valence electrons. The van der Waals surface area contributed by atoms with E-state index in [0.29, 0.717) is 11.0 Å². The predicted molar refractivity (Wildman–Crippen MR) is 91.1 cm³/mol. The van der Waals surface area contributed by atoms with Crippen molar-refractivity contribution in [1.82, 2.24) is 9.80 Å². The zero-order valence-corrected chi connectivity index (χ0v) is 14.6. The van der Waals surface area contributed by atoms with Gasteiger partial charge in [0.05, 0.1) is 0 Å². The highest BCUT2D eigenvalue weighted by atomic mass is 19.1. The van der Waals surface area contributed by atoms with E-state index in [9.17, 15) is 9.18 Å². The van der Waals surface area contributed by atoms with Crippen LogP contribution in [0.4, 0.5) is 4.39 Å². The van der Waals surface area contributed by atoms with E-state index in [4.69, 9.17) is 4.74 Å². The fourth-order valence-corrected chi connectivity index (χ4v) is 4.01. The van der Waals surface area contributed by atoms with Gasteiger partial charge < -0.3 is 9.64 Å². The van der Waals surface area contributed by atoms with Crippen molar-refractivity contribution in [2.24, 2.45) is 5.41 Å². The van der Waals surface area contributed by atoms with Gasteiger partial charge in [0.1, 0.15) is 11.9 Å². The average Bonchev–Trinajstić information content (AvgIpc) is 2.58. The van der Waals surface area contributed by atoms with Crippen LogP contribution in [0.25, 0.3) is 0 Å². The molecule has 2 saturated heterocycles. The summed E-state index contributed by atoms with van der Waals surface area (Å²) in [6, 6.07) is 6.02. The van der Waals surface area contributed by atoms with E-state index in [1.165, 1.54) is 6.07 Å². The Morgan fingerprint density at radius 2 is 1.79 bits per heavy atom. The first-order valence-corrected chi connectivity index (χ1v) is 8.80. The van der Waals surface area contributed by atoms with Crippen LogP contribution in [0.15, 0.2) is 24.3 Å². The van der Waals surface area contributed by atoms with Crippen LogP contribution in [-0.4, -0.2) is 56.1 Å². The number of likely N-dealkylation sites (N-methyl/N-ethyl adjacent to an activating group) is 1. The van der Waals surface area contributed by atoms with Gasteiger partial charge in [0.25, 0.3) is 0 Å². The van der Waals surface area contributed by atoms with Crippen molar-refractivity contribution in [2.45, 2.75) is 31.7 Å². The maximum absolute atomic E-state index is 14.2. The summed E-state index contributed by atoms with van der Waals surface area (Å²) >= 11 is 0. The molecule has 1 aromatic rings. The molecule has 2 aliphatic heterocycles. The molecule has 0 N–H and O–H groups in total. The number of carbonyl (C=O) groups is 1. The van der Waals surface area contributed by atoms with Crippen molar-refractivity contribution < 1.29 is 13.9 Å². The zero-order chi connectivity index (χ0) is 17.2. The van der Waals surface area contributed by atoms with E-state index < -0.39 is 6.04 Å². The van der Waals surface area contributed by atoms with Crippen molar-refractivity contribution in [3.8, 4) is 0 Å². The van der Waals surface area contributed by atoms with Crippen molar-refractivity contribution in [1.29, 1.82) is 0 Å². The van der Waals surface area contributed by atoms with E-state index in [1.807, 2.05) is 19.0 Å². The first kappa shape index (κ1) is 17.4. The normalized spacial score (nSPS) is 21.9. The molecule has 24 heavy (non-hydrogen) atoms. The standard InChI is InChI=1S/C19H27FN2O2/c1-21(2)17(15-5-3-4-6-16(15)20)18(23)22-11-7-19(8-12-22)9-13-24-14-10-19/h3-6,17H,7-14H2,1-2H3/t17-/m1/s1. The lowest BCUT2D eigenvalue weighted by Gasteiger charge is -2.45. The second-order valence-corrected chi connectivity index (χ2v) is 7.33. The third kappa shape index (κ3) is 3.47. The van der Waals surface area contributed by atoms with Crippen LogP contribution >= 0.6 is 0 Å². The maximum atomic E-state index is 14.2. The number of halogens is 1. The molecule has 0 saturated carbocycles. The van der Waals surface area contributed by atoms with Gasteiger partial charge in [-0.3, -0.25) is 9.69 Å². The van der Waals surface area contributed by atoms with Gasteiger partial charge in [0, 0.05) is 31.9 Å². The second-order valence-electron chi connectivity index (χ2n) is 7.33. The zero-order valence-electron chi connectivity index (χ0n) is 14.6. The average molecular weight is 334 g/mol. The minimum Gasteiger partial charge on any atom is -0.381 e. The molecule has 0 aromatic heterocycles. The monoisotopic (exact) mass is 334 g/mol. The highest BCUT2D eigenvalue weighted by Gasteiger charge is 2.39. The summed E-state index contributed by atoms with van der Waals surface area (Å²) in [5.74, 6) is -0.311. The molecule has 2 aliphatic rings. The number of likely N-dealkylation sites (tertiary alicyclic amines) is 1. The first-order valence-electron chi connectivity index (χ1n) is 8.80. The molecular weight excluding hydrogens is 307 g/mol. The van der Waals surface area contributed by atoms with Crippen molar-refractivity contribution in [3.63, 3.8) is 0 Å². The van der Waals surface area contributed by atoms with E-state index in [0.717, 1.165) is 52.0 Å². The van der Waals surface area contributed by atoms with Crippen LogP contribution in [-0.2, 0) is 9.53 Å². The fourth-order valence-electron chi connectivity index (χ4n) is 4.01. The number of ether oxygens (including phenoxy) is 1. The summed E-state index contributed by atoms with van der Waals surface area (Å²) < 4.78 is 19.7. The topological polar surface area (TPSA) is 32.8 Å². The van der Waals surface area contributed by atoms with Gasteiger partial charge in [0.15, 0.2) is 0 Å². The van der Waals surface area contributed by atoms with Gasteiger partial charge in [-0.1, -0.05) is 18.2 Å². The molecule has 1 atom stereocenters. The molecular formula is C19H27FN2O2. The Bertz CT molecular complexity index is 574. The molecule has 2 fully saturated rings. The quantitative estimate of drug-likeness (QED) is 0.852. The van der Waals surface area contributed by atoms with Gasteiger partial charge in [-0.2, -0.15) is 0 Å². The molecule has 0 unspecified atom stereocenters. The number of nitrogens with zero attached hydrogens (tertiary/aromatic N) is 2. The lowest BCUT2D eigenvalue weighted by Crippen LogP contribution is -2.48. The lowest BCUT2D eigenvalue weighted by molar-refractivity contribution is -0.140. The molecule has 0 bridgehead atoms. The van der Waals surface area contributed by atoms with E-state index in [-0.39, 0.29) is 11.7 Å². The summed E-state index contributed by atoms with van der Waals surface area (Å²) in [6.45, 7) is 3.20. The molecule has 2 heterocycles. The molecule has 3 rings (SSSR count). The second kappa shape index (κ2) is 7.19. The van der Waals surface area contributed by atoms with Gasteiger partial charge in [-0.05, 0) is 51.3 Å². The molecule has 0 radical (unpaired) electrons. The minimum atomic E-state index is -0.560. The third-order valence-electron chi connectivity index (χ3n) is 5.64. The number of hydrogen-bond acceptors (Lipinski definition) is 3. The Morgan fingerprint density at radius 3 is 2.38 bits per heavy atom. The largest absolute Gasteiger partial charge is 0.381 e. The maximum Gasteiger partial charge on any atom is 0.244 e. The molecule has 1 amide bonds. The number of amides is 1. The Labute approximate surface area is 143 Å². The smallest absolute Gasteiger partial charge is 0.244 e. The highest BCUT2D eigenvalue weighted by molar-refractivity contribution is 5.83. The Morgan fingerprint density at radius 1 is 1.17 bits per heavy atom. The van der Waals surface area contributed by atoms with Crippen LogP contribution in [0.2, 0.25) is 0 Å². The van der Waals surface area contributed by atoms with Gasteiger partial charge in [0.2, 0.25) is 5.91 Å². The number of hydrogen-bond donors (Lipinski definition) is 0. The van der Waals surface area contributed by atoms with Gasteiger partial charge in [-0.25, -0.2) is 4.39 Å². The van der Waals surface area contributed by atoms with Crippen molar-refractivity contribution in [2.75, 3.05) is 40.4 Å². The summed E-state index contributed by atoms with van der Waals surface area (Å²) in [6.07, 6.45) is 4.25. The van der Waals surface area contributed by atoms with Crippen LogP contribution < -0.4 is 0 Å². The highest BCUT2D eigenvalue weighted by Crippen LogP contribution is 2.41. The number of rotatable bonds is 3. The first-order chi connectivity index (χ1) is 11.5. The van der Waals surface area contributed by atoms with Crippen LogP contribution in [0.3, 0.4) is 0 Å². The molecule has 4 nitrogen and oxygen atoms in total. The van der Waals surface area contributed by atoms with E-state index >= 15 is 0 Å². The van der Waals surface area contributed by atoms with Crippen LogP contribution in [0, 0.1) is 11.2 Å². The molecule has 0 aliphatic carbocycles. The number of carbonyl (C=O) groups excluding carboxylic acids is 1. The fraction of sp³-hybridized carbons (Fsp3) is 0.632. The van der Waals surface area contributed by atoms with Crippen molar-refractivity contribution in [3.05, 3.63) is 35.6 Å². The Balaban J connectivity index is 1.72. The summed E-state index contributed by atoms with van der Waals surface area (Å²) in [5.41, 5.74) is 0.805. The molecule has 5 heteroatoms. The third-order valence-corrected chi connectivity index (χ3v) is 5.64. The number of benzene rings is 1. The lowest BCUT2D eigenvalue weighted by atomic mass is 9.72. The van der Waals surface area contributed by atoms with Crippen molar-refractivity contribution >= 4 is 5.91 Å². The Hall–Kier alpha value is -1.46. The van der Waals surface area contributed by atoms with Crippen LogP contribution in [0.5, 0.6) is 0 Å². The Kier molecular flexibility index (Phi) is 5.21. The van der Waals surface area contributed by atoms with Gasteiger partial charge >= 0.3 is 0 Å². The van der Waals surface area contributed by atoms with Gasteiger partial charge in [-0.15, -0.1) is 0 Å². The minimum absolute atomic E-state index is 0.00649. The SMILES string of the molecule is CN(C)[C@@H](C(=O)N1CCC2(CCOCC2)CC1)c1ccccc1F. The molecule has 1 spiro atoms. The molecule has 1 aromatic carbocycles. The van der Waals surface area contributed by atoms with E-state index in [2.05, 4.69) is 0 Å². The summed E-state index contributed by atoms with van der Waals surface area (Å²) in [7, 11) is 3.66. The summed E-state index contributed by atoms with van der Waals surface area (Å²) in [5, 5.41) is 0. The summed E-state index contributed by atoms with van der Waals surface area (Å²) in [4.78, 5) is 16.8. The number of piperidine rings is 1. The predicted octanol–water partition coefficient (Wildman–Crippen LogP) is 2.85. The van der Waals surface area contributed by atoms with Crippen LogP contribution in [0.1, 0.15) is 37.3 Å².